The molecule has 1 N–H and O–H groups in total. The van der Waals surface area contributed by atoms with Crippen LogP contribution in [0.1, 0.15) is 10.4 Å². The smallest absolute Gasteiger partial charge is 0.412 e. The third-order valence-electron chi connectivity index (χ3n) is 4.68. The van der Waals surface area contributed by atoms with Crippen molar-refractivity contribution in [3.63, 3.8) is 0 Å². The van der Waals surface area contributed by atoms with E-state index in [9.17, 15) is 9.59 Å². The summed E-state index contributed by atoms with van der Waals surface area (Å²) in [6, 6.07) is 16.5. The number of imidazole rings is 1. The van der Waals surface area contributed by atoms with Crippen LogP contribution in [0, 0.1) is 0 Å². The fourth-order valence-corrected chi connectivity index (χ4v) is 3.06. The number of nitrogens with one attached hydrogen (secondary N) is 1. The molecule has 0 aliphatic heterocycles. The molecule has 4 aromatic rings. The molecule has 0 radical (unpaired) electrons. The SMILES string of the molecule is COC(=O)Nc1ccc(-c2cnc3ccc(C(=O)N(C)c4ccccc4)cn23)cn1. The summed E-state index contributed by atoms with van der Waals surface area (Å²) >= 11 is 0. The number of para-hydroxylation sites is 1. The van der Waals surface area contributed by atoms with Crippen LogP contribution in [0.5, 0.6) is 0 Å². The Morgan fingerprint density at radius 1 is 1.00 bits per heavy atom. The predicted molar refractivity (Wildman–Crippen MR) is 114 cm³/mol. The van der Waals surface area contributed by atoms with Crippen molar-refractivity contribution >= 4 is 29.2 Å². The van der Waals surface area contributed by atoms with Crippen LogP contribution >= 0.6 is 0 Å². The molecular formula is C22H19N5O3. The monoisotopic (exact) mass is 401 g/mol. The number of benzene rings is 1. The van der Waals surface area contributed by atoms with Crippen molar-refractivity contribution in [1.82, 2.24) is 14.4 Å². The molecule has 8 heteroatoms. The summed E-state index contributed by atoms with van der Waals surface area (Å²) in [5.74, 6) is 0.248. The highest BCUT2D eigenvalue weighted by Crippen LogP contribution is 2.23. The highest BCUT2D eigenvalue weighted by molar-refractivity contribution is 6.05. The van der Waals surface area contributed by atoms with Gasteiger partial charge < -0.3 is 9.64 Å². The third-order valence-corrected chi connectivity index (χ3v) is 4.68. The van der Waals surface area contributed by atoms with Crippen LogP contribution in [0.4, 0.5) is 16.3 Å². The van der Waals surface area contributed by atoms with Gasteiger partial charge in [0.1, 0.15) is 11.5 Å². The van der Waals surface area contributed by atoms with Crippen LogP contribution < -0.4 is 10.2 Å². The molecule has 0 fully saturated rings. The molecule has 0 atom stereocenters. The first-order valence-corrected chi connectivity index (χ1v) is 9.18. The van der Waals surface area contributed by atoms with E-state index < -0.39 is 6.09 Å². The first kappa shape index (κ1) is 19.1. The molecular weight excluding hydrogens is 382 g/mol. The topological polar surface area (TPSA) is 88.8 Å². The van der Waals surface area contributed by atoms with E-state index in [1.807, 2.05) is 40.8 Å². The first-order chi connectivity index (χ1) is 14.6. The largest absolute Gasteiger partial charge is 0.453 e. The van der Waals surface area contributed by atoms with Crippen molar-refractivity contribution in [1.29, 1.82) is 0 Å². The number of carbonyl (C=O) groups is 2. The molecule has 0 aliphatic rings. The number of rotatable bonds is 4. The van der Waals surface area contributed by atoms with Gasteiger partial charge in [-0.15, -0.1) is 0 Å². The van der Waals surface area contributed by atoms with Crippen molar-refractivity contribution in [3.8, 4) is 11.3 Å². The van der Waals surface area contributed by atoms with E-state index in [0.717, 1.165) is 16.9 Å². The van der Waals surface area contributed by atoms with Gasteiger partial charge in [-0.3, -0.25) is 14.5 Å². The molecule has 0 spiro atoms. The van der Waals surface area contributed by atoms with Gasteiger partial charge in [0.2, 0.25) is 0 Å². The van der Waals surface area contributed by atoms with E-state index in [4.69, 9.17) is 0 Å². The predicted octanol–water partition coefficient (Wildman–Crippen LogP) is 3.85. The minimum atomic E-state index is -0.587. The van der Waals surface area contributed by atoms with Crippen LogP contribution in [-0.4, -0.2) is 40.5 Å². The van der Waals surface area contributed by atoms with Crippen molar-refractivity contribution in [3.05, 3.63) is 78.8 Å². The van der Waals surface area contributed by atoms with Gasteiger partial charge in [-0.1, -0.05) is 18.2 Å². The zero-order valence-electron chi connectivity index (χ0n) is 16.4. The summed E-state index contributed by atoms with van der Waals surface area (Å²) in [6.45, 7) is 0. The molecule has 4 rings (SSSR count). The number of pyridine rings is 2. The summed E-state index contributed by atoms with van der Waals surface area (Å²) in [6.07, 6.45) is 4.52. The van der Waals surface area contributed by atoms with E-state index in [1.54, 1.807) is 48.7 Å². The fraction of sp³-hybridized carbons (Fsp3) is 0.0909. The van der Waals surface area contributed by atoms with Crippen LogP contribution in [-0.2, 0) is 4.74 Å². The molecule has 0 bridgehead atoms. The van der Waals surface area contributed by atoms with Gasteiger partial charge in [0, 0.05) is 30.7 Å². The number of fused-ring (bicyclic) bond motifs is 1. The number of anilines is 2. The number of aromatic nitrogens is 3. The second-order valence-electron chi connectivity index (χ2n) is 6.54. The van der Waals surface area contributed by atoms with E-state index in [2.05, 4.69) is 20.0 Å². The molecule has 0 aliphatic carbocycles. The third kappa shape index (κ3) is 3.70. The minimum absolute atomic E-state index is 0.126. The zero-order valence-corrected chi connectivity index (χ0v) is 16.4. The van der Waals surface area contributed by atoms with Gasteiger partial charge >= 0.3 is 6.09 Å². The Labute approximate surface area is 172 Å². The number of nitrogens with zero attached hydrogens (tertiary/aromatic N) is 4. The van der Waals surface area contributed by atoms with E-state index >= 15 is 0 Å². The van der Waals surface area contributed by atoms with Crippen molar-refractivity contribution in [2.75, 3.05) is 24.4 Å². The Bertz CT molecular complexity index is 1200. The van der Waals surface area contributed by atoms with E-state index in [0.29, 0.717) is 17.0 Å². The Hall–Kier alpha value is -4.20. The van der Waals surface area contributed by atoms with Gasteiger partial charge in [-0.2, -0.15) is 0 Å². The van der Waals surface area contributed by atoms with Gasteiger partial charge in [-0.05, 0) is 36.4 Å². The van der Waals surface area contributed by atoms with E-state index in [1.165, 1.54) is 7.11 Å². The molecule has 150 valence electrons. The molecule has 1 aromatic carbocycles. The lowest BCUT2D eigenvalue weighted by Crippen LogP contribution is -2.26. The quantitative estimate of drug-likeness (QED) is 0.561. The molecule has 30 heavy (non-hydrogen) atoms. The lowest BCUT2D eigenvalue weighted by molar-refractivity contribution is 0.0992. The normalized spacial score (nSPS) is 10.6. The molecule has 3 heterocycles. The lowest BCUT2D eigenvalue weighted by atomic mass is 10.2. The van der Waals surface area contributed by atoms with Crippen LogP contribution in [0.25, 0.3) is 16.9 Å². The molecule has 0 saturated carbocycles. The maximum Gasteiger partial charge on any atom is 0.412 e. The van der Waals surface area contributed by atoms with Crippen LogP contribution in [0.2, 0.25) is 0 Å². The molecule has 0 unspecified atom stereocenters. The maximum atomic E-state index is 13.0. The standard InChI is InChI=1S/C22H19N5O3/c1-26(17-6-4-3-5-7-17)21(28)16-9-11-20-24-13-18(27(20)14-16)15-8-10-19(23-12-15)25-22(29)30-2/h3-14H,1-2H3,(H,23,25,29). The maximum absolute atomic E-state index is 13.0. The van der Waals surface area contributed by atoms with Crippen molar-refractivity contribution in [2.45, 2.75) is 0 Å². The summed E-state index contributed by atoms with van der Waals surface area (Å²) < 4.78 is 6.40. The summed E-state index contributed by atoms with van der Waals surface area (Å²) in [5, 5.41) is 2.51. The van der Waals surface area contributed by atoms with Crippen molar-refractivity contribution in [2.24, 2.45) is 0 Å². The lowest BCUT2D eigenvalue weighted by Gasteiger charge is -2.17. The average molecular weight is 401 g/mol. The number of hydrogen-bond donors (Lipinski definition) is 1. The summed E-state index contributed by atoms with van der Waals surface area (Å²) in [7, 11) is 3.03. The zero-order chi connectivity index (χ0) is 21.1. The van der Waals surface area contributed by atoms with Gasteiger partial charge in [0.25, 0.3) is 5.91 Å². The van der Waals surface area contributed by atoms with Crippen molar-refractivity contribution < 1.29 is 14.3 Å². The summed E-state index contributed by atoms with van der Waals surface area (Å²) in [4.78, 5) is 34.5. The number of methoxy groups -OCH3 is 1. The molecule has 2 amide bonds. The number of carbonyl (C=O) groups excluding carboxylic acids is 2. The first-order valence-electron chi connectivity index (χ1n) is 9.18. The highest BCUT2D eigenvalue weighted by Gasteiger charge is 2.15. The second kappa shape index (κ2) is 8.04. The Balaban J connectivity index is 1.65. The number of amides is 2. The molecule has 0 saturated heterocycles. The molecule has 8 nitrogen and oxygen atoms in total. The van der Waals surface area contributed by atoms with Crippen LogP contribution in [0.15, 0.2) is 73.2 Å². The Kier molecular flexibility index (Phi) is 5.13. The van der Waals surface area contributed by atoms with Gasteiger partial charge in [0.05, 0.1) is 24.6 Å². The molecule has 3 aromatic heterocycles. The summed E-state index contributed by atoms with van der Waals surface area (Å²) in [5.41, 5.74) is 3.62. The minimum Gasteiger partial charge on any atom is -0.453 e. The Morgan fingerprint density at radius 2 is 1.80 bits per heavy atom. The van der Waals surface area contributed by atoms with Crippen LogP contribution in [0.3, 0.4) is 0 Å². The fourth-order valence-electron chi connectivity index (χ4n) is 3.06. The number of ether oxygens (including phenoxy) is 1. The number of hydrogen-bond acceptors (Lipinski definition) is 5. The Morgan fingerprint density at radius 3 is 2.50 bits per heavy atom. The highest BCUT2D eigenvalue weighted by atomic mass is 16.5. The van der Waals surface area contributed by atoms with E-state index in [-0.39, 0.29) is 5.91 Å². The van der Waals surface area contributed by atoms with Gasteiger partial charge in [0.15, 0.2) is 0 Å². The average Bonchev–Trinajstić information content (AvgIpc) is 3.22. The second-order valence-corrected chi connectivity index (χ2v) is 6.54. The van der Waals surface area contributed by atoms with Gasteiger partial charge in [-0.25, -0.2) is 14.8 Å².